The van der Waals surface area contributed by atoms with E-state index in [0.29, 0.717) is 24.0 Å². The molecule has 2 N–H and O–H groups in total. The lowest BCUT2D eigenvalue weighted by Gasteiger charge is -2.15. The third-order valence-electron chi connectivity index (χ3n) is 3.48. The molecule has 0 radical (unpaired) electrons. The molecule has 2 aromatic heterocycles. The van der Waals surface area contributed by atoms with E-state index in [2.05, 4.69) is 23.0 Å². The first-order chi connectivity index (χ1) is 11.0. The van der Waals surface area contributed by atoms with Gasteiger partial charge >= 0.3 is 0 Å². The molecule has 0 aliphatic heterocycles. The molecular formula is C18H22N4O. The zero-order chi connectivity index (χ0) is 16.8. The molecule has 0 aliphatic carbocycles. The van der Waals surface area contributed by atoms with E-state index in [4.69, 9.17) is 10.5 Å². The SMILES string of the molecule is Cc1cc(-c2cnc(OCC(C)CC(C)N)c(C#N)c2)ccn1. The molecule has 0 aliphatic rings. The van der Waals surface area contributed by atoms with E-state index < -0.39 is 0 Å². The van der Waals surface area contributed by atoms with Crippen molar-refractivity contribution in [3.8, 4) is 23.1 Å². The first-order valence-electron chi connectivity index (χ1n) is 7.71. The van der Waals surface area contributed by atoms with Gasteiger partial charge < -0.3 is 10.5 Å². The van der Waals surface area contributed by atoms with E-state index in [1.807, 2.05) is 26.0 Å². The molecule has 0 bridgehead atoms. The summed E-state index contributed by atoms with van der Waals surface area (Å²) in [6.45, 7) is 6.47. The van der Waals surface area contributed by atoms with Crippen LogP contribution in [0.3, 0.4) is 0 Å². The molecule has 0 fully saturated rings. The molecule has 5 heteroatoms. The zero-order valence-electron chi connectivity index (χ0n) is 13.8. The standard InChI is InChI=1S/C18H22N4O/c1-12(6-13(2)20)11-23-18-16(9-19)8-17(10-22-18)15-4-5-21-14(3)7-15/h4-5,7-8,10,12-13H,6,11,20H2,1-3H3. The summed E-state index contributed by atoms with van der Waals surface area (Å²) in [5, 5.41) is 9.35. The lowest BCUT2D eigenvalue weighted by atomic mass is 10.0. The lowest BCUT2D eigenvalue weighted by Crippen LogP contribution is -2.21. The molecule has 2 unspecified atom stereocenters. The van der Waals surface area contributed by atoms with Gasteiger partial charge in [0.2, 0.25) is 5.88 Å². The van der Waals surface area contributed by atoms with Gasteiger partial charge in [-0.15, -0.1) is 0 Å². The second-order valence-corrected chi connectivity index (χ2v) is 6.00. The van der Waals surface area contributed by atoms with E-state index >= 15 is 0 Å². The molecule has 2 heterocycles. The predicted octanol–water partition coefficient (Wildman–Crippen LogP) is 3.08. The van der Waals surface area contributed by atoms with Crippen molar-refractivity contribution in [2.24, 2.45) is 11.7 Å². The molecule has 23 heavy (non-hydrogen) atoms. The highest BCUT2D eigenvalue weighted by Gasteiger charge is 2.11. The molecule has 0 saturated heterocycles. The minimum absolute atomic E-state index is 0.134. The highest BCUT2D eigenvalue weighted by Crippen LogP contribution is 2.24. The Morgan fingerprint density at radius 2 is 2.04 bits per heavy atom. The Morgan fingerprint density at radius 3 is 2.70 bits per heavy atom. The molecule has 0 amide bonds. The Labute approximate surface area is 137 Å². The van der Waals surface area contributed by atoms with E-state index in [1.54, 1.807) is 18.5 Å². The number of nitriles is 1. The average molecular weight is 310 g/mol. The van der Waals surface area contributed by atoms with Crippen LogP contribution in [-0.4, -0.2) is 22.6 Å². The number of hydrogen-bond acceptors (Lipinski definition) is 5. The lowest BCUT2D eigenvalue weighted by molar-refractivity contribution is 0.238. The van der Waals surface area contributed by atoms with Crippen molar-refractivity contribution in [3.63, 3.8) is 0 Å². The Bertz CT molecular complexity index is 706. The number of hydrogen-bond donors (Lipinski definition) is 1. The smallest absolute Gasteiger partial charge is 0.231 e. The summed E-state index contributed by atoms with van der Waals surface area (Å²) in [6, 6.07) is 7.95. The average Bonchev–Trinajstić information content (AvgIpc) is 2.52. The summed E-state index contributed by atoms with van der Waals surface area (Å²) in [6.07, 6.45) is 4.34. The third-order valence-corrected chi connectivity index (χ3v) is 3.48. The molecule has 2 aromatic rings. The van der Waals surface area contributed by atoms with Gasteiger partial charge in [-0.2, -0.15) is 5.26 Å². The van der Waals surface area contributed by atoms with Gasteiger partial charge in [0.25, 0.3) is 0 Å². The van der Waals surface area contributed by atoms with Crippen LogP contribution in [0.15, 0.2) is 30.6 Å². The van der Waals surface area contributed by atoms with E-state index in [-0.39, 0.29) is 6.04 Å². The monoisotopic (exact) mass is 310 g/mol. The number of aryl methyl sites for hydroxylation is 1. The van der Waals surface area contributed by atoms with E-state index in [1.165, 1.54) is 0 Å². The second-order valence-electron chi connectivity index (χ2n) is 6.00. The van der Waals surface area contributed by atoms with Crippen molar-refractivity contribution < 1.29 is 4.74 Å². The van der Waals surface area contributed by atoms with Gasteiger partial charge in [-0.1, -0.05) is 6.92 Å². The van der Waals surface area contributed by atoms with Gasteiger partial charge in [0, 0.05) is 29.7 Å². The maximum absolute atomic E-state index is 9.35. The second kappa shape index (κ2) is 7.70. The fourth-order valence-corrected chi connectivity index (χ4v) is 2.45. The molecule has 5 nitrogen and oxygen atoms in total. The van der Waals surface area contributed by atoms with E-state index in [9.17, 15) is 5.26 Å². The van der Waals surface area contributed by atoms with E-state index in [0.717, 1.165) is 23.2 Å². The van der Waals surface area contributed by atoms with Crippen molar-refractivity contribution in [1.29, 1.82) is 5.26 Å². The van der Waals surface area contributed by atoms with Gasteiger partial charge in [0.05, 0.1) is 6.61 Å². The van der Waals surface area contributed by atoms with Gasteiger partial charge in [-0.25, -0.2) is 4.98 Å². The van der Waals surface area contributed by atoms with Crippen molar-refractivity contribution in [3.05, 3.63) is 41.9 Å². The molecule has 120 valence electrons. The van der Waals surface area contributed by atoms with Gasteiger partial charge in [-0.05, 0) is 49.9 Å². The summed E-state index contributed by atoms with van der Waals surface area (Å²) < 4.78 is 5.70. The summed E-state index contributed by atoms with van der Waals surface area (Å²) in [4.78, 5) is 8.49. The number of nitrogens with zero attached hydrogens (tertiary/aromatic N) is 3. The molecule has 0 saturated carbocycles. The summed E-state index contributed by atoms with van der Waals surface area (Å²) in [5.74, 6) is 0.685. The summed E-state index contributed by atoms with van der Waals surface area (Å²) in [7, 11) is 0. The molecule has 2 rings (SSSR count). The number of rotatable bonds is 6. The summed E-state index contributed by atoms with van der Waals surface area (Å²) in [5.41, 5.74) is 9.01. The fraction of sp³-hybridized carbons (Fsp3) is 0.389. The van der Waals surface area contributed by atoms with Crippen LogP contribution >= 0.6 is 0 Å². The Morgan fingerprint density at radius 1 is 1.26 bits per heavy atom. The number of ether oxygens (including phenoxy) is 1. The topological polar surface area (TPSA) is 84.8 Å². The number of pyridine rings is 2. The first-order valence-corrected chi connectivity index (χ1v) is 7.71. The Hall–Kier alpha value is -2.45. The number of nitrogens with two attached hydrogens (primary N) is 1. The molecule has 2 atom stereocenters. The number of aromatic nitrogens is 2. The zero-order valence-corrected chi connectivity index (χ0v) is 13.8. The Kier molecular flexibility index (Phi) is 5.67. The van der Waals surface area contributed by atoms with Crippen molar-refractivity contribution in [1.82, 2.24) is 9.97 Å². The van der Waals surface area contributed by atoms with Crippen molar-refractivity contribution >= 4 is 0 Å². The van der Waals surface area contributed by atoms with Crippen molar-refractivity contribution in [2.45, 2.75) is 33.2 Å². The quantitative estimate of drug-likeness (QED) is 0.886. The molecular weight excluding hydrogens is 288 g/mol. The fourth-order valence-electron chi connectivity index (χ4n) is 2.45. The van der Waals surface area contributed by atoms with Crippen LogP contribution in [0.4, 0.5) is 0 Å². The van der Waals surface area contributed by atoms with Crippen LogP contribution in [0.1, 0.15) is 31.5 Å². The maximum atomic E-state index is 9.35. The minimum atomic E-state index is 0.134. The van der Waals surface area contributed by atoms with Crippen LogP contribution in [0, 0.1) is 24.2 Å². The van der Waals surface area contributed by atoms with Crippen LogP contribution in [0.2, 0.25) is 0 Å². The molecule has 0 spiro atoms. The maximum Gasteiger partial charge on any atom is 0.231 e. The van der Waals surface area contributed by atoms with Crippen LogP contribution in [0.5, 0.6) is 5.88 Å². The highest BCUT2D eigenvalue weighted by molar-refractivity contribution is 5.65. The van der Waals surface area contributed by atoms with Gasteiger partial charge in [0.1, 0.15) is 11.6 Å². The van der Waals surface area contributed by atoms with Gasteiger partial charge in [0.15, 0.2) is 0 Å². The minimum Gasteiger partial charge on any atom is -0.476 e. The summed E-state index contributed by atoms with van der Waals surface area (Å²) >= 11 is 0. The Balaban J connectivity index is 2.16. The highest BCUT2D eigenvalue weighted by atomic mass is 16.5. The van der Waals surface area contributed by atoms with Crippen LogP contribution in [0.25, 0.3) is 11.1 Å². The largest absolute Gasteiger partial charge is 0.476 e. The van der Waals surface area contributed by atoms with Crippen molar-refractivity contribution in [2.75, 3.05) is 6.61 Å². The third kappa shape index (κ3) is 4.76. The van der Waals surface area contributed by atoms with Crippen LogP contribution < -0.4 is 10.5 Å². The predicted molar refractivity (Wildman–Crippen MR) is 89.8 cm³/mol. The van der Waals surface area contributed by atoms with Crippen LogP contribution in [-0.2, 0) is 0 Å². The molecule has 0 aromatic carbocycles. The first kappa shape index (κ1) is 16.9. The normalized spacial score (nSPS) is 13.2. The van der Waals surface area contributed by atoms with Gasteiger partial charge in [-0.3, -0.25) is 4.98 Å².